The fraction of sp³-hybridized carbons (Fsp3) is 0.267. The first-order chi connectivity index (χ1) is 9.91. The van der Waals surface area contributed by atoms with Gasteiger partial charge in [0.25, 0.3) is 0 Å². The lowest BCUT2D eigenvalue weighted by molar-refractivity contribution is 0.416. The second-order valence-corrected chi connectivity index (χ2v) is 7.94. The third-order valence-electron chi connectivity index (χ3n) is 3.08. The molecule has 0 spiro atoms. The number of rotatable bonds is 4. The van der Waals surface area contributed by atoms with Gasteiger partial charge in [-0.25, -0.2) is 8.42 Å². The van der Waals surface area contributed by atoms with Gasteiger partial charge in [0, 0.05) is 24.3 Å². The number of hydrogen-bond acceptors (Lipinski definition) is 5. The van der Waals surface area contributed by atoms with Crippen LogP contribution < -0.4 is 0 Å². The summed E-state index contributed by atoms with van der Waals surface area (Å²) in [5.74, 6) is 0. The van der Waals surface area contributed by atoms with Crippen molar-refractivity contribution < 1.29 is 8.42 Å². The quantitative estimate of drug-likeness (QED) is 0.798. The molecule has 1 heterocycles. The summed E-state index contributed by atoms with van der Waals surface area (Å²) in [7, 11) is -3.52. The Morgan fingerprint density at radius 2 is 2.10 bits per heavy atom. The molecule has 0 bridgehead atoms. The van der Waals surface area contributed by atoms with Gasteiger partial charge in [-0.1, -0.05) is 48.7 Å². The molecule has 6 heteroatoms. The Hall–Kier alpha value is -1.71. The van der Waals surface area contributed by atoms with Crippen molar-refractivity contribution in [2.45, 2.75) is 6.42 Å². The average Bonchev–Trinajstić information content (AvgIpc) is 2.78. The largest absolute Gasteiger partial charge is 0.359 e. The van der Waals surface area contributed by atoms with Crippen LogP contribution in [0, 0.1) is 11.3 Å². The maximum Gasteiger partial charge on any atom is 0.188 e. The lowest BCUT2D eigenvalue weighted by atomic mass is 10.1. The van der Waals surface area contributed by atoms with Crippen LogP contribution in [-0.4, -0.2) is 32.7 Å². The van der Waals surface area contributed by atoms with E-state index in [9.17, 15) is 8.42 Å². The van der Waals surface area contributed by atoms with Crippen molar-refractivity contribution in [1.29, 1.82) is 5.26 Å². The highest BCUT2D eigenvalue weighted by atomic mass is 32.2. The van der Waals surface area contributed by atoms with Gasteiger partial charge in [0.1, 0.15) is 11.1 Å². The first-order valence-corrected chi connectivity index (χ1v) is 9.11. The second-order valence-electron chi connectivity index (χ2n) is 4.82. The van der Waals surface area contributed by atoms with Crippen LogP contribution in [-0.2, 0) is 16.3 Å². The molecule has 110 valence electrons. The van der Waals surface area contributed by atoms with Crippen molar-refractivity contribution in [3.05, 3.63) is 57.3 Å². The van der Waals surface area contributed by atoms with Crippen LogP contribution in [0.15, 0.2) is 51.8 Å². The van der Waals surface area contributed by atoms with Gasteiger partial charge in [0.05, 0.1) is 0 Å². The zero-order chi connectivity index (χ0) is 15.5. The highest BCUT2D eigenvalue weighted by Gasteiger charge is 2.28. The van der Waals surface area contributed by atoms with Crippen molar-refractivity contribution in [1.82, 2.24) is 4.90 Å². The molecule has 0 aliphatic carbocycles. The Labute approximate surface area is 129 Å². The summed E-state index contributed by atoms with van der Waals surface area (Å²) in [6.07, 6.45) is 1.86. The molecule has 0 amide bonds. The van der Waals surface area contributed by atoms with E-state index in [1.165, 1.54) is 17.3 Å². The maximum absolute atomic E-state index is 11.7. The van der Waals surface area contributed by atoms with Crippen molar-refractivity contribution in [2.75, 3.05) is 19.3 Å². The van der Waals surface area contributed by atoms with E-state index in [4.69, 9.17) is 5.26 Å². The van der Waals surface area contributed by atoms with Crippen molar-refractivity contribution >= 4 is 21.6 Å². The Balaban J connectivity index is 2.24. The molecule has 0 atom stereocenters. The normalized spacial score (nSPS) is 17.7. The van der Waals surface area contributed by atoms with Crippen LogP contribution in [0.2, 0.25) is 0 Å². The number of benzene rings is 1. The van der Waals surface area contributed by atoms with E-state index in [-0.39, 0.29) is 4.91 Å². The third-order valence-corrected chi connectivity index (χ3v) is 5.30. The van der Waals surface area contributed by atoms with E-state index >= 15 is 0 Å². The summed E-state index contributed by atoms with van der Waals surface area (Å²) in [5.41, 5.74) is 1.18. The van der Waals surface area contributed by atoms with Crippen LogP contribution >= 0.6 is 11.8 Å². The molecule has 0 N–H and O–H groups in total. The topological polar surface area (TPSA) is 61.2 Å². The molecule has 1 saturated heterocycles. The van der Waals surface area contributed by atoms with Crippen LogP contribution in [0.4, 0.5) is 0 Å². The Bertz CT molecular complexity index is 716. The number of allylic oxidation sites excluding steroid dienone is 1. The highest BCUT2D eigenvalue weighted by molar-refractivity contribution is 8.08. The molecule has 0 aromatic heterocycles. The van der Waals surface area contributed by atoms with Gasteiger partial charge in [-0.3, -0.25) is 0 Å². The van der Waals surface area contributed by atoms with E-state index in [1.54, 1.807) is 0 Å². The standard InChI is InChI=1S/C15H16N2O2S2/c1-12-11-17(9-8-13-6-4-3-5-7-13)15(20-12)14(10-16)21(2,18)19/h3-7H,1,8-9,11H2,2H3/b15-14+. The monoisotopic (exact) mass is 320 g/mol. The smallest absolute Gasteiger partial charge is 0.188 e. The molecule has 0 radical (unpaired) electrons. The molecular formula is C15H16N2O2S2. The van der Waals surface area contributed by atoms with Crippen LogP contribution in [0.1, 0.15) is 5.56 Å². The third kappa shape index (κ3) is 3.90. The molecule has 1 aliphatic rings. The number of hydrogen-bond donors (Lipinski definition) is 0. The van der Waals surface area contributed by atoms with Gasteiger partial charge < -0.3 is 4.90 Å². The van der Waals surface area contributed by atoms with E-state index in [0.717, 1.165) is 17.6 Å². The molecule has 2 rings (SSSR count). The average molecular weight is 320 g/mol. The molecule has 1 fully saturated rings. The zero-order valence-corrected chi connectivity index (χ0v) is 13.4. The summed E-state index contributed by atoms with van der Waals surface area (Å²) in [4.78, 5) is 2.60. The van der Waals surface area contributed by atoms with Gasteiger partial charge in [-0.05, 0) is 12.0 Å². The Kier molecular flexibility index (Phi) is 4.76. The molecule has 21 heavy (non-hydrogen) atoms. The van der Waals surface area contributed by atoms with Crippen molar-refractivity contribution in [3.63, 3.8) is 0 Å². The predicted octanol–water partition coefficient (Wildman–Crippen LogP) is 2.53. The van der Waals surface area contributed by atoms with Gasteiger partial charge in [0.2, 0.25) is 0 Å². The van der Waals surface area contributed by atoms with Crippen LogP contribution in [0.5, 0.6) is 0 Å². The number of thioether (sulfide) groups is 1. The van der Waals surface area contributed by atoms with Gasteiger partial charge in [-0.15, -0.1) is 0 Å². The second kappa shape index (κ2) is 6.37. The Morgan fingerprint density at radius 1 is 1.43 bits per heavy atom. The van der Waals surface area contributed by atoms with E-state index in [1.807, 2.05) is 41.3 Å². The zero-order valence-electron chi connectivity index (χ0n) is 11.7. The molecular weight excluding hydrogens is 304 g/mol. The summed E-state index contributed by atoms with van der Waals surface area (Å²) >= 11 is 1.28. The molecule has 4 nitrogen and oxygen atoms in total. The number of nitrogens with zero attached hydrogens (tertiary/aromatic N) is 2. The highest BCUT2D eigenvalue weighted by Crippen LogP contribution is 2.39. The summed E-state index contributed by atoms with van der Waals surface area (Å²) in [6.45, 7) is 5.13. The first kappa shape index (κ1) is 15.7. The van der Waals surface area contributed by atoms with E-state index in [2.05, 4.69) is 6.58 Å². The molecule has 0 saturated carbocycles. The minimum atomic E-state index is -3.52. The number of nitriles is 1. The van der Waals surface area contributed by atoms with E-state index < -0.39 is 9.84 Å². The van der Waals surface area contributed by atoms with Crippen molar-refractivity contribution in [2.24, 2.45) is 0 Å². The fourth-order valence-electron chi connectivity index (χ4n) is 2.09. The fourth-order valence-corrected chi connectivity index (χ4v) is 4.20. The van der Waals surface area contributed by atoms with Gasteiger partial charge in [-0.2, -0.15) is 5.26 Å². The lowest BCUT2D eigenvalue weighted by Gasteiger charge is -2.19. The first-order valence-electron chi connectivity index (χ1n) is 6.40. The molecule has 1 aromatic carbocycles. The molecule has 1 aromatic rings. The summed E-state index contributed by atoms with van der Waals surface area (Å²) in [5, 5.41) is 9.66. The minimum Gasteiger partial charge on any atom is -0.359 e. The summed E-state index contributed by atoms with van der Waals surface area (Å²) in [6, 6.07) is 11.8. The maximum atomic E-state index is 11.7. The lowest BCUT2D eigenvalue weighted by Crippen LogP contribution is -2.23. The summed E-state index contributed by atoms with van der Waals surface area (Å²) < 4.78 is 23.5. The van der Waals surface area contributed by atoms with Gasteiger partial charge in [0.15, 0.2) is 14.7 Å². The van der Waals surface area contributed by atoms with E-state index in [0.29, 0.717) is 18.1 Å². The number of sulfone groups is 1. The van der Waals surface area contributed by atoms with Crippen molar-refractivity contribution in [3.8, 4) is 6.07 Å². The van der Waals surface area contributed by atoms with Crippen LogP contribution in [0.25, 0.3) is 0 Å². The van der Waals surface area contributed by atoms with Gasteiger partial charge >= 0.3 is 0 Å². The Morgan fingerprint density at radius 3 is 2.67 bits per heavy atom. The van der Waals surface area contributed by atoms with Crippen LogP contribution in [0.3, 0.4) is 0 Å². The molecule has 1 aliphatic heterocycles. The SMILES string of the molecule is C=C1CN(CCc2ccccc2)/C(=C(/C#N)S(C)(=O)=O)S1. The minimum absolute atomic E-state index is 0.167. The molecule has 0 unspecified atom stereocenters. The predicted molar refractivity (Wildman–Crippen MR) is 85.9 cm³/mol.